The predicted octanol–water partition coefficient (Wildman–Crippen LogP) is 17.4. The third-order valence-corrected chi connectivity index (χ3v) is 16.5. The Kier molecular flexibility index (Phi) is 53.0. The first-order chi connectivity index (χ1) is 39.6. The number of unbranched alkanes of at least 4 members (excludes halogenated alkanes) is 27. The van der Waals surface area contributed by atoms with Crippen LogP contribution < -0.4 is 0 Å². The van der Waals surface area contributed by atoms with Crippen molar-refractivity contribution >= 4 is 39.5 Å². The molecule has 0 radical (unpaired) electrons. The number of ether oxygens (including phenoxy) is 4. The third-order valence-electron chi connectivity index (χ3n) is 14.6. The number of rotatable bonds is 61. The highest BCUT2D eigenvalue weighted by molar-refractivity contribution is 7.47. The molecule has 0 aliphatic carbocycles. The second-order valence-corrected chi connectivity index (χ2v) is 28.0. The molecular weight excluding hydrogens is 1100 g/mol. The molecule has 0 amide bonds. The summed E-state index contributed by atoms with van der Waals surface area (Å²) in [5.74, 6) is 0.722. The van der Waals surface area contributed by atoms with Gasteiger partial charge in [0.05, 0.1) is 26.4 Å². The first-order valence-corrected chi connectivity index (χ1v) is 36.2. The van der Waals surface area contributed by atoms with Crippen molar-refractivity contribution < 1.29 is 80.2 Å². The first-order valence-electron chi connectivity index (χ1n) is 33.2. The molecule has 19 heteroatoms. The van der Waals surface area contributed by atoms with Gasteiger partial charge in [0, 0.05) is 25.7 Å². The monoisotopic (exact) mass is 1230 g/mol. The van der Waals surface area contributed by atoms with Crippen LogP contribution in [0.15, 0.2) is 0 Å². The van der Waals surface area contributed by atoms with Crippen LogP contribution in [0.2, 0.25) is 0 Å². The number of carbonyl (C=O) groups is 4. The van der Waals surface area contributed by atoms with Crippen LogP contribution >= 0.6 is 15.6 Å². The van der Waals surface area contributed by atoms with Gasteiger partial charge in [0.1, 0.15) is 19.3 Å². The van der Waals surface area contributed by atoms with Crippen molar-refractivity contribution in [1.82, 2.24) is 0 Å². The van der Waals surface area contributed by atoms with E-state index in [1.807, 2.05) is 0 Å². The van der Waals surface area contributed by atoms with Crippen molar-refractivity contribution in [1.29, 1.82) is 0 Å². The molecule has 0 spiro atoms. The lowest BCUT2D eigenvalue weighted by molar-refractivity contribution is -0.161. The Morgan fingerprint density at radius 3 is 0.747 bits per heavy atom. The van der Waals surface area contributed by atoms with Crippen LogP contribution in [0, 0.1) is 23.7 Å². The predicted molar refractivity (Wildman–Crippen MR) is 331 cm³/mol. The van der Waals surface area contributed by atoms with E-state index in [2.05, 4.69) is 55.4 Å². The number of aliphatic hydroxyl groups is 1. The topological polar surface area (TPSA) is 237 Å². The Morgan fingerprint density at radius 2 is 0.506 bits per heavy atom. The fourth-order valence-corrected chi connectivity index (χ4v) is 11.0. The van der Waals surface area contributed by atoms with E-state index in [0.29, 0.717) is 37.5 Å². The van der Waals surface area contributed by atoms with Crippen molar-refractivity contribution in [2.24, 2.45) is 23.7 Å². The van der Waals surface area contributed by atoms with Crippen LogP contribution in [0.25, 0.3) is 0 Å². The number of phosphoric acid groups is 2. The largest absolute Gasteiger partial charge is 0.472 e. The van der Waals surface area contributed by atoms with Gasteiger partial charge in [-0.15, -0.1) is 0 Å². The number of hydrogen-bond donors (Lipinski definition) is 3. The molecule has 3 unspecified atom stereocenters. The highest BCUT2D eigenvalue weighted by Crippen LogP contribution is 2.45. The summed E-state index contributed by atoms with van der Waals surface area (Å²) < 4.78 is 68.0. The molecule has 492 valence electrons. The number of esters is 4. The van der Waals surface area contributed by atoms with E-state index in [9.17, 15) is 43.2 Å². The Hall–Kier alpha value is -1.94. The molecular formula is C64H124O17P2. The summed E-state index contributed by atoms with van der Waals surface area (Å²) in [6.45, 7) is 13.9. The fraction of sp³-hybridized carbons (Fsp3) is 0.938. The molecule has 0 saturated carbocycles. The van der Waals surface area contributed by atoms with Gasteiger partial charge in [-0.2, -0.15) is 0 Å². The molecule has 0 aliphatic rings. The normalized spacial score (nSPS) is 14.4. The molecule has 83 heavy (non-hydrogen) atoms. The quantitative estimate of drug-likeness (QED) is 0.0222. The van der Waals surface area contributed by atoms with Gasteiger partial charge in [-0.25, -0.2) is 9.13 Å². The highest BCUT2D eigenvalue weighted by Gasteiger charge is 2.30. The molecule has 0 bridgehead atoms. The average Bonchev–Trinajstić information content (AvgIpc) is 3.41. The smallest absolute Gasteiger partial charge is 0.462 e. The minimum Gasteiger partial charge on any atom is -0.462 e. The van der Waals surface area contributed by atoms with Gasteiger partial charge in [0.15, 0.2) is 12.2 Å². The molecule has 0 aromatic rings. The van der Waals surface area contributed by atoms with E-state index in [4.69, 9.17) is 37.0 Å². The van der Waals surface area contributed by atoms with Crippen molar-refractivity contribution in [2.45, 2.75) is 324 Å². The Labute approximate surface area is 505 Å². The lowest BCUT2D eigenvalue weighted by Gasteiger charge is -2.21. The van der Waals surface area contributed by atoms with Gasteiger partial charge in [-0.3, -0.25) is 37.3 Å². The first kappa shape index (κ1) is 81.1. The van der Waals surface area contributed by atoms with Gasteiger partial charge in [-0.05, 0) is 49.4 Å². The minimum atomic E-state index is -4.95. The van der Waals surface area contributed by atoms with Gasteiger partial charge >= 0.3 is 39.5 Å². The van der Waals surface area contributed by atoms with E-state index >= 15 is 0 Å². The number of hydrogen-bond acceptors (Lipinski definition) is 15. The fourth-order valence-electron chi connectivity index (χ4n) is 9.43. The molecule has 0 aromatic heterocycles. The molecule has 0 aliphatic heterocycles. The van der Waals surface area contributed by atoms with E-state index in [0.717, 1.165) is 108 Å². The molecule has 0 saturated heterocycles. The minimum absolute atomic E-state index is 0.102. The van der Waals surface area contributed by atoms with E-state index in [1.165, 1.54) is 103 Å². The summed E-state index contributed by atoms with van der Waals surface area (Å²) in [5, 5.41) is 10.5. The summed E-state index contributed by atoms with van der Waals surface area (Å²) in [6.07, 6.45) is 33.7. The van der Waals surface area contributed by atoms with Gasteiger partial charge in [-0.1, -0.05) is 254 Å². The zero-order valence-electron chi connectivity index (χ0n) is 53.8. The maximum Gasteiger partial charge on any atom is 0.472 e. The second-order valence-electron chi connectivity index (χ2n) is 25.1. The van der Waals surface area contributed by atoms with Gasteiger partial charge < -0.3 is 33.8 Å². The third kappa shape index (κ3) is 58.8. The Bertz CT molecular complexity index is 1660. The summed E-state index contributed by atoms with van der Waals surface area (Å²) in [4.78, 5) is 72.2. The Balaban J connectivity index is 5.26. The SMILES string of the molecule is CC(C)CCCCCCCCCCCC(=O)O[C@H](COC(=O)CCCCCCCCCCC(C)C)COP(=O)(O)OCC(O)COP(=O)(O)OC[C@@H](COC(=O)CCCCCCCCCC(C)C)OC(=O)CCCCCCCCCC(C)C. The molecule has 0 fully saturated rings. The molecule has 0 rings (SSSR count). The van der Waals surface area contributed by atoms with Crippen molar-refractivity contribution in [2.75, 3.05) is 39.6 Å². The van der Waals surface area contributed by atoms with Gasteiger partial charge in [0.2, 0.25) is 0 Å². The second kappa shape index (κ2) is 54.2. The summed E-state index contributed by atoms with van der Waals surface area (Å²) in [5.41, 5.74) is 0. The van der Waals surface area contributed by atoms with Crippen molar-refractivity contribution in [3.8, 4) is 0 Å². The lowest BCUT2D eigenvalue weighted by atomic mass is 10.0. The zero-order chi connectivity index (χ0) is 61.8. The highest BCUT2D eigenvalue weighted by atomic mass is 31.2. The van der Waals surface area contributed by atoms with Crippen LogP contribution in [-0.4, -0.2) is 96.7 Å². The maximum atomic E-state index is 13.0. The number of aliphatic hydroxyl groups excluding tert-OH is 1. The molecule has 0 heterocycles. The number of carbonyl (C=O) groups excluding carboxylic acids is 4. The Morgan fingerprint density at radius 1 is 0.301 bits per heavy atom. The van der Waals surface area contributed by atoms with Crippen molar-refractivity contribution in [3.05, 3.63) is 0 Å². The van der Waals surface area contributed by atoms with Crippen LogP contribution in [-0.2, 0) is 65.4 Å². The molecule has 3 N–H and O–H groups in total. The van der Waals surface area contributed by atoms with Crippen LogP contribution in [0.5, 0.6) is 0 Å². The van der Waals surface area contributed by atoms with Crippen LogP contribution in [0.3, 0.4) is 0 Å². The average molecular weight is 1230 g/mol. The molecule has 0 aromatic carbocycles. The molecule has 5 atom stereocenters. The maximum absolute atomic E-state index is 13.0. The van der Waals surface area contributed by atoms with E-state index in [1.54, 1.807) is 0 Å². The summed E-state index contributed by atoms with van der Waals surface area (Å²) in [7, 11) is -9.89. The molecule has 17 nitrogen and oxygen atoms in total. The zero-order valence-corrected chi connectivity index (χ0v) is 55.6. The van der Waals surface area contributed by atoms with E-state index in [-0.39, 0.29) is 25.7 Å². The van der Waals surface area contributed by atoms with Crippen LogP contribution in [0.4, 0.5) is 0 Å². The summed E-state index contributed by atoms with van der Waals surface area (Å²) in [6, 6.07) is 0. The lowest BCUT2D eigenvalue weighted by Crippen LogP contribution is -2.30. The van der Waals surface area contributed by atoms with E-state index < -0.39 is 97.5 Å². The number of phosphoric ester groups is 2. The standard InChI is InChI=1S/C64H124O17P2/c1-54(2)40-32-24-16-10-9-11-21-30-38-46-63(68)80-59(50-74-61(66)44-36-28-20-13-12-17-25-33-41-55(3)4)52-78-82(70,71)76-48-58(65)49-77-83(72,73)79-53-60(81-64(69)47-39-31-23-15-19-27-35-43-57(7)8)51-75-62(67)45-37-29-22-14-18-26-34-42-56(5)6/h54-60,65H,9-53H2,1-8H3,(H,70,71)(H,72,73)/t58?,59-,60-/m1/s1. The van der Waals surface area contributed by atoms with Crippen molar-refractivity contribution in [3.63, 3.8) is 0 Å². The summed E-state index contributed by atoms with van der Waals surface area (Å²) >= 11 is 0. The van der Waals surface area contributed by atoms with Gasteiger partial charge in [0.25, 0.3) is 0 Å². The van der Waals surface area contributed by atoms with Crippen LogP contribution in [0.1, 0.15) is 306 Å².